The molecule has 0 spiro atoms. The Labute approximate surface area is 140 Å². The summed E-state index contributed by atoms with van der Waals surface area (Å²) in [5.41, 5.74) is 2.74. The first-order chi connectivity index (χ1) is 11.6. The molecule has 24 heavy (non-hydrogen) atoms. The molecule has 2 heterocycles. The predicted molar refractivity (Wildman–Crippen MR) is 88.6 cm³/mol. The van der Waals surface area contributed by atoms with Crippen LogP contribution in [0, 0.1) is 10.1 Å². The van der Waals surface area contributed by atoms with Crippen molar-refractivity contribution in [1.82, 2.24) is 14.9 Å². The summed E-state index contributed by atoms with van der Waals surface area (Å²) < 4.78 is 0. The number of aryl methyl sites for hydroxylation is 1. The Bertz CT molecular complexity index is 763. The highest BCUT2D eigenvalue weighted by molar-refractivity contribution is 5.43. The molecule has 0 atom stereocenters. The standard InChI is InChI=1S/C17H20N4O3/c1-2-3-17-18-9-13-11-20(7-6-15(13)19-17)10-12-8-14(21(23)24)4-5-16(12)22/h4-5,8-9,22H,2-3,6-7,10-11H2,1H3. The number of benzene rings is 1. The number of nitro benzene ring substituents is 1. The van der Waals surface area contributed by atoms with Gasteiger partial charge in [0, 0.05) is 67.6 Å². The number of aromatic nitrogens is 2. The van der Waals surface area contributed by atoms with Crippen LogP contribution in [0.1, 0.15) is 36.0 Å². The Morgan fingerprint density at radius 2 is 2.25 bits per heavy atom. The predicted octanol–water partition coefficient (Wildman–Crippen LogP) is 2.60. The van der Waals surface area contributed by atoms with Crippen molar-refractivity contribution < 1.29 is 10.0 Å². The van der Waals surface area contributed by atoms with Crippen molar-refractivity contribution in [3.63, 3.8) is 0 Å². The summed E-state index contributed by atoms with van der Waals surface area (Å²) in [6.45, 7) is 4.06. The first-order valence-electron chi connectivity index (χ1n) is 8.09. The first kappa shape index (κ1) is 16.3. The van der Waals surface area contributed by atoms with Gasteiger partial charge in [-0.05, 0) is 12.5 Å². The van der Waals surface area contributed by atoms with E-state index in [1.54, 1.807) is 0 Å². The summed E-state index contributed by atoms with van der Waals surface area (Å²) in [7, 11) is 0. The Morgan fingerprint density at radius 3 is 3.00 bits per heavy atom. The van der Waals surface area contributed by atoms with E-state index in [0.29, 0.717) is 18.7 Å². The van der Waals surface area contributed by atoms with Gasteiger partial charge in [0.05, 0.1) is 4.92 Å². The number of nitrogens with zero attached hydrogens (tertiary/aromatic N) is 4. The molecule has 0 aliphatic carbocycles. The normalized spacial score (nSPS) is 14.4. The second-order valence-electron chi connectivity index (χ2n) is 6.04. The van der Waals surface area contributed by atoms with Crippen LogP contribution in [0.5, 0.6) is 5.75 Å². The Hall–Kier alpha value is -2.54. The minimum atomic E-state index is -0.447. The maximum Gasteiger partial charge on any atom is 0.270 e. The van der Waals surface area contributed by atoms with E-state index >= 15 is 0 Å². The molecule has 0 saturated carbocycles. The molecule has 7 heteroatoms. The average Bonchev–Trinajstić information content (AvgIpc) is 2.57. The van der Waals surface area contributed by atoms with E-state index in [-0.39, 0.29) is 11.4 Å². The van der Waals surface area contributed by atoms with Gasteiger partial charge in [-0.25, -0.2) is 9.97 Å². The van der Waals surface area contributed by atoms with Crippen LogP contribution >= 0.6 is 0 Å². The molecule has 3 rings (SSSR count). The van der Waals surface area contributed by atoms with Crippen molar-refractivity contribution in [2.75, 3.05) is 6.54 Å². The molecule has 0 saturated heterocycles. The third kappa shape index (κ3) is 3.51. The van der Waals surface area contributed by atoms with E-state index in [4.69, 9.17) is 0 Å². The van der Waals surface area contributed by atoms with Crippen LogP contribution in [0.2, 0.25) is 0 Å². The van der Waals surface area contributed by atoms with Crippen molar-refractivity contribution >= 4 is 5.69 Å². The minimum absolute atomic E-state index is 0.00671. The van der Waals surface area contributed by atoms with Gasteiger partial charge in [0.1, 0.15) is 11.6 Å². The van der Waals surface area contributed by atoms with E-state index in [9.17, 15) is 15.2 Å². The van der Waals surface area contributed by atoms with E-state index in [2.05, 4.69) is 21.8 Å². The fourth-order valence-corrected chi connectivity index (χ4v) is 2.95. The number of phenols is 1. The fourth-order valence-electron chi connectivity index (χ4n) is 2.95. The molecule has 126 valence electrons. The molecule has 0 bridgehead atoms. The Balaban J connectivity index is 1.74. The maximum atomic E-state index is 10.9. The number of fused-ring (bicyclic) bond motifs is 1. The molecule has 2 aromatic rings. The van der Waals surface area contributed by atoms with Crippen molar-refractivity contribution in [2.24, 2.45) is 0 Å². The lowest BCUT2D eigenvalue weighted by Crippen LogP contribution is -2.31. The largest absolute Gasteiger partial charge is 0.508 e. The zero-order chi connectivity index (χ0) is 17.1. The van der Waals surface area contributed by atoms with Gasteiger partial charge in [-0.15, -0.1) is 0 Å². The smallest absolute Gasteiger partial charge is 0.270 e. The second-order valence-corrected chi connectivity index (χ2v) is 6.04. The van der Waals surface area contributed by atoms with Gasteiger partial charge in [-0.3, -0.25) is 15.0 Å². The highest BCUT2D eigenvalue weighted by Crippen LogP contribution is 2.26. The zero-order valence-corrected chi connectivity index (χ0v) is 13.6. The Morgan fingerprint density at radius 1 is 1.42 bits per heavy atom. The van der Waals surface area contributed by atoms with Gasteiger partial charge < -0.3 is 5.11 Å². The molecule has 1 N–H and O–H groups in total. The number of hydrogen-bond donors (Lipinski definition) is 1. The minimum Gasteiger partial charge on any atom is -0.508 e. The number of non-ortho nitro benzene ring substituents is 1. The third-order valence-corrected chi connectivity index (χ3v) is 4.20. The van der Waals surface area contributed by atoms with Gasteiger partial charge in [-0.1, -0.05) is 6.92 Å². The van der Waals surface area contributed by atoms with Crippen molar-refractivity contribution in [1.29, 1.82) is 0 Å². The topological polar surface area (TPSA) is 92.4 Å². The molecule has 1 aromatic carbocycles. The van der Waals surface area contributed by atoms with E-state index < -0.39 is 4.92 Å². The molecule has 1 aromatic heterocycles. The monoisotopic (exact) mass is 328 g/mol. The van der Waals surface area contributed by atoms with Crippen LogP contribution in [0.4, 0.5) is 5.69 Å². The van der Waals surface area contributed by atoms with Crippen LogP contribution in [0.25, 0.3) is 0 Å². The number of hydrogen-bond acceptors (Lipinski definition) is 6. The third-order valence-electron chi connectivity index (χ3n) is 4.20. The molecular weight excluding hydrogens is 308 g/mol. The first-order valence-corrected chi connectivity index (χ1v) is 8.09. The van der Waals surface area contributed by atoms with Crippen molar-refractivity contribution in [2.45, 2.75) is 39.3 Å². The van der Waals surface area contributed by atoms with Gasteiger partial charge in [-0.2, -0.15) is 0 Å². The second kappa shape index (κ2) is 6.92. The van der Waals surface area contributed by atoms with E-state index in [0.717, 1.165) is 42.9 Å². The van der Waals surface area contributed by atoms with Crippen molar-refractivity contribution in [3.8, 4) is 5.75 Å². The average molecular weight is 328 g/mol. The number of aromatic hydroxyl groups is 1. The van der Waals surface area contributed by atoms with Gasteiger partial charge in [0.25, 0.3) is 5.69 Å². The summed E-state index contributed by atoms with van der Waals surface area (Å²) in [6, 6.07) is 4.13. The van der Waals surface area contributed by atoms with Crippen LogP contribution in [-0.2, 0) is 25.9 Å². The van der Waals surface area contributed by atoms with Crippen LogP contribution in [0.3, 0.4) is 0 Å². The fraction of sp³-hybridized carbons (Fsp3) is 0.412. The summed E-state index contributed by atoms with van der Waals surface area (Å²) >= 11 is 0. The summed E-state index contributed by atoms with van der Waals surface area (Å²) in [6.07, 6.45) is 4.62. The molecule has 7 nitrogen and oxygen atoms in total. The number of nitro groups is 1. The zero-order valence-electron chi connectivity index (χ0n) is 13.6. The van der Waals surface area contributed by atoms with Crippen LogP contribution in [0.15, 0.2) is 24.4 Å². The lowest BCUT2D eigenvalue weighted by Gasteiger charge is -2.28. The highest BCUT2D eigenvalue weighted by Gasteiger charge is 2.20. The SMILES string of the molecule is CCCc1ncc2c(n1)CCN(Cc1cc([N+](=O)[O-])ccc1O)C2. The van der Waals surface area contributed by atoms with E-state index in [1.807, 2.05) is 6.20 Å². The lowest BCUT2D eigenvalue weighted by molar-refractivity contribution is -0.385. The van der Waals surface area contributed by atoms with Crippen LogP contribution in [-0.4, -0.2) is 31.4 Å². The molecular formula is C17H20N4O3. The maximum absolute atomic E-state index is 10.9. The highest BCUT2D eigenvalue weighted by atomic mass is 16.6. The number of rotatable bonds is 5. The van der Waals surface area contributed by atoms with Crippen molar-refractivity contribution in [3.05, 3.63) is 57.2 Å². The quantitative estimate of drug-likeness (QED) is 0.670. The Kier molecular flexibility index (Phi) is 4.71. The summed E-state index contributed by atoms with van der Waals surface area (Å²) in [5, 5.41) is 20.9. The van der Waals surface area contributed by atoms with Gasteiger partial charge >= 0.3 is 0 Å². The van der Waals surface area contributed by atoms with Gasteiger partial charge in [0.15, 0.2) is 0 Å². The summed E-state index contributed by atoms with van der Waals surface area (Å²) in [4.78, 5) is 21.6. The number of phenolic OH excluding ortho intramolecular Hbond substituents is 1. The van der Waals surface area contributed by atoms with Crippen LogP contribution < -0.4 is 0 Å². The molecule has 1 aliphatic rings. The van der Waals surface area contributed by atoms with E-state index in [1.165, 1.54) is 18.2 Å². The molecule has 0 amide bonds. The molecule has 0 fully saturated rings. The lowest BCUT2D eigenvalue weighted by atomic mass is 10.1. The summed E-state index contributed by atoms with van der Waals surface area (Å²) in [5.74, 6) is 0.974. The molecule has 1 aliphatic heterocycles. The molecule has 0 radical (unpaired) electrons. The van der Waals surface area contributed by atoms with Gasteiger partial charge in [0.2, 0.25) is 0 Å². The molecule has 0 unspecified atom stereocenters.